The zero-order chi connectivity index (χ0) is 27.2. The number of benzene rings is 3. The Morgan fingerprint density at radius 3 is 2.26 bits per heavy atom. The molecule has 0 aromatic heterocycles. The van der Waals surface area contributed by atoms with Crippen molar-refractivity contribution < 1.29 is 28.9 Å². The van der Waals surface area contributed by atoms with Crippen LogP contribution in [0.3, 0.4) is 0 Å². The van der Waals surface area contributed by atoms with Crippen LogP contribution in [0.25, 0.3) is 5.76 Å². The maximum absolute atomic E-state index is 13.3. The zero-order valence-corrected chi connectivity index (χ0v) is 22.0. The standard InChI is InChI=1S/C30H32N2O6/c1-31(2)16-17-32-27(26(29(34)30(32)35)28(33)21-10-13-23(36-3)14-11-21)22-12-15-24(25(18-22)37-4)38-19-20-8-6-5-7-9-20/h5-15,18,27,33H,16-17,19H2,1-4H3/b28-26+. The average Bonchev–Trinajstić information content (AvgIpc) is 3.20. The van der Waals surface area contributed by atoms with Crippen molar-refractivity contribution in [3.63, 3.8) is 0 Å². The lowest BCUT2D eigenvalue weighted by Crippen LogP contribution is -2.35. The molecule has 1 atom stereocenters. The summed E-state index contributed by atoms with van der Waals surface area (Å²) in [5.74, 6) is -0.0330. The van der Waals surface area contributed by atoms with Gasteiger partial charge in [-0.1, -0.05) is 36.4 Å². The van der Waals surface area contributed by atoms with Gasteiger partial charge in [-0.15, -0.1) is 0 Å². The van der Waals surface area contributed by atoms with Gasteiger partial charge in [0.25, 0.3) is 11.7 Å². The number of rotatable bonds is 10. The van der Waals surface area contributed by atoms with Crippen LogP contribution in [0.1, 0.15) is 22.7 Å². The number of hydrogen-bond donors (Lipinski definition) is 1. The highest BCUT2D eigenvalue weighted by atomic mass is 16.5. The van der Waals surface area contributed by atoms with Gasteiger partial charge in [-0.25, -0.2) is 0 Å². The minimum atomic E-state index is -0.797. The van der Waals surface area contributed by atoms with Crippen molar-refractivity contribution in [1.29, 1.82) is 0 Å². The van der Waals surface area contributed by atoms with Gasteiger partial charge in [-0.3, -0.25) is 9.59 Å². The predicted molar refractivity (Wildman–Crippen MR) is 144 cm³/mol. The highest BCUT2D eigenvalue weighted by Crippen LogP contribution is 2.42. The molecule has 0 radical (unpaired) electrons. The normalized spacial score (nSPS) is 16.7. The predicted octanol–water partition coefficient (Wildman–Crippen LogP) is 4.27. The molecule has 1 heterocycles. The lowest BCUT2D eigenvalue weighted by Gasteiger charge is -2.27. The Bertz CT molecular complexity index is 1320. The number of likely N-dealkylation sites (N-methyl/N-ethyl adjacent to an activating group) is 1. The van der Waals surface area contributed by atoms with E-state index in [0.29, 0.717) is 48.1 Å². The minimum absolute atomic E-state index is 0.0268. The summed E-state index contributed by atoms with van der Waals surface area (Å²) in [4.78, 5) is 29.9. The molecule has 8 nitrogen and oxygen atoms in total. The molecule has 1 saturated heterocycles. The van der Waals surface area contributed by atoms with Gasteiger partial charge >= 0.3 is 0 Å². The molecule has 0 spiro atoms. The second-order valence-corrected chi connectivity index (χ2v) is 9.21. The SMILES string of the molecule is COc1ccc(/C(O)=C2\C(=O)C(=O)N(CCN(C)C)C2c2ccc(OCc3ccccc3)c(OC)c2)cc1. The van der Waals surface area contributed by atoms with E-state index in [2.05, 4.69) is 0 Å². The lowest BCUT2D eigenvalue weighted by molar-refractivity contribution is -0.140. The number of carbonyl (C=O) groups is 2. The fourth-order valence-corrected chi connectivity index (χ4v) is 4.38. The van der Waals surface area contributed by atoms with Crippen molar-refractivity contribution in [2.24, 2.45) is 0 Å². The molecule has 1 aliphatic rings. The van der Waals surface area contributed by atoms with E-state index >= 15 is 0 Å². The molecule has 4 rings (SSSR count). The number of carbonyl (C=O) groups excluding carboxylic acids is 2. The summed E-state index contributed by atoms with van der Waals surface area (Å²) in [5.41, 5.74) is 2.08. The largest absolute Gasteiger partial charge is 0.507 e. The smallest absolute Gasteiger partial charge is 0.295 e. The molecule has 38 heavy (non-hydrogen) atoms. The van der Waals surface area contributed by atoms with Crippen LogP contribution >= 0.6 is 0 Å². The Labute approximate surface area is 222 Å². The number of ether oxygens (including phenoxy) is 3. The van der Waals surface area contributed by atoms with E-state index in [1.54, 1.807) is 49.6 Å². The van der Waals surface area contributed by atoms with Crippen LogP contribution in [-0.2, 0) is 16.2 Å². The summed E-state index contributed by atoms with van der Waals surface area (Å²) in [7, 11) is 6.87. The fourth-order valence-electron chi connectivity index (χ4n) is 4.38. The topological polar surface area (TPSA) is 88.5 Å². The third kappa shape index (κ3) is 5.65. The van der Waals surface area contributed by atoms with Crippen LogP contribution in [0.4, 0.5) is 0 Å². The quantitative estimate of drug-likeness (QED) is 0.245. The van der Waals surface area contributed by atoms with E-state index in [1.165, 1.54) is 12.0 Å². The molecule has 3 aromatic rings. The summed E-state index contributed by atoms with van der Waals surface area (Å²) in [6.07, 6.45) is 0. The molecule has 198 valence electrons. The number of aliphatic hydroxyl groups excluding tert-OH is 1. The van der Waals surface area contributed by atoms with Crippen LogP contribution in [-0.4, -0.2) is 68.0 Å². The summed E-state index contributed by atoms with van der Waals surface area (Å²) >= 11 is 0. The molecule has 1 N–H and O–H groups in total. The summed E-state index contributed by atoms with van der Waals surface area (Å²) < 4.78 is 16.8. The van der Waals surface area contributed by atoms with E-state index in [9.17, 15) is 14.7 Å². The molecular weight excluding hydrogens is 484 g/mol. The molecule has 1 aliphatic heterocycles. The zero-order valence-electron chi connectivity index (χ0n) is 22.0. The highest BCUT2D eigenvalue weighted by molar-refractivity contribution is 6.46. The maximum atomic E-state index is 13.3. The Morgan fingerprint density at radius 1 is 0.921 bits per heavy atom. The van der Waals surface area contributed by atoms with Crippen molar-refractivity contribution in [1.82, 2.24) is 9.80 Å². The number of Topliss-reactive ketones (excluding diaryl/α,β-unsaturated/α-hetero) is 1. The van der Waals surface area contributed by atoms with Crippen LogP contribution in [0.5, 0.6) is 17.2 Å². The lowest BCUT2D eigenvalue weighted by atomic mass is 9.95. The van der Waals surface area contributed by atoms with Crippen LogP contribution in [0.15, 0.2) is 78.4 Å². The van der Waals surface area contributed by atoms with E-state index in [1.807, 2.05) is 49.3 Å². The Kier molecular flexibility index (Phi) is 8.33. The molecule has 3 aromatic carbocycles. The van der Waals surface area contributed by atoms with Gasteiger partial charge < -0.3 is 29.1 Å². The first-order valence-corrected chi connectivity index (χ1v) is 12.3. The number of hydrogen-bond acceptors (Lipinski definition) is 7. The third-order valence-corrected chi connectivity index (χ3v) is 6.43. The first-order chi connectivity index (χ1) is 18.3. The summed E-state index contributed by atoms with van der Waals surface area (Å²) in [6, 6.07) is 21.0. The maximum Gasteiger partial charge on any atom is 0.295 e. The second-order valence-electron chi connectivity index (χ2n) is 9.21. The summed E-state index contributed by atoms with van der Waals surface area (Å²) in [6.45, 7) is 1.20. The average molecular weight is 517 g/mol. The molecule has 0 aliphatic carbocycles. The number of amides is 1. The molecular formula is C30H32N2O6. The van der Waals surface area contributed by atoms with Gasteiger partial charge in [-0.2, -0.15) is 0 Å². The van der Waals surface area contributed by atoms with Gasteiger partial charge in [0.05, 0.1) is 25.8 Å². The first kappa shape index (κ1) is 26.8. The van der Waals surface area contributed by atoms with E-state index in [4.69, 9.17) is 14.2 Å². The monoisotopic (exact) mass is 516 g/mol. The minimum Gasteiger partial charge on any atom is -0.507 e. The molecule has 8 heteroatoms. The van der Waals surface area contributed by atoms with Crippen molar-refractivity contribution >= 4 is 17.4 Å². The number of ketones is 1. The van der Waals surface area contributed by atoms with Gasteiger partial charge in [0, 0.05) is 18.7 Å². The number of nitrogens with zero attached hydrogens (tertiary/aromatic N) is 2. The fraction of sp³-hybridized carbons (Fsp3) is 0.267. The van der Waals surface area contributed by atoms with Gasteiger partial charge in [0.2, 0.25) is 0 Å². The molecule has 1 amide bonds. The molecule has 1 fully saturated rings. The number of likely N-dealkylation sites (tertiary alicyclic amines) is 1. The second kappa shape index (κ2) is 11.8. The highest BCUT2D eigenvalue weighted by Gasteiger charge is 2.46. The van der Waals surface area contributed by atoms with E-state index in [-0.39, 0.29) is 11.3 Å². The summed E-state index contributed by atoms with van der Waals surface area (Å²) in [5, 5.41) is 11.3. The Balaban J connectivity index is 1.75. The molecule has 0 bridgehead atoms. The number of methoxy groups -OCH3 is 2. The van der Waals surface area contributed by atoms with Crippen LogP contribution in [0, 0.1) is 0 Å². The first-order valence-electron chi connectivity index (χ1n) is 12.3. The van der Waals surface area contributed by atoms with Gasteiger partial charge in [0.1, 0.15) is 18.1 Å². The Hall–Kier alpha value is -4.30. The van der Waals surface area contributed by atoms with Crippen LogP contribution in [0.2, 0.25) is 0 Å². The molecule has 0 saturated carbocycles. The van der Waals surface area contributed by atoms with Crippen molar-refractivity contribution in [2.75, 3.05) is 41.4 Å². The van der Waals surface area contributed by atoms with Gasteiger partial charge in [0.15, 0.2) is 11.5 Å². The number of aliphatic hydroxyl groups is 1. The van der Waals surface area contributed by atoms with E-state index in [0.717, 1.165) is 5.56 Å². The Morgan fingerprint density at radius 2 is 1.63 bits per heavy atom. The molecule has 1 unspecified atom stereocenters. The van der Waals surface area contributed by atoms with Crippen molar-refractivity contribution in [3.05, 3.63) is 95.1 Å². The van der Waals surface area contributed by atoms with E-state index < -0.39 is 17.7 Å². The van der Waals surface area contributed by atoms with Crippen LogP contribution < -0.4 is 14.2 Å². The van der Waals surface area contributed by atoms with Crippen molar-refractivity contribution in [2.45, 2.75) is 12.6 Å². The van der Waals surface area contributed by atoms with Gasteiger partial charge in [-0.05, 0) is 61.6 Å². The van der Waals surface area contributed by atoms with Crippen molar-refractivity contribution in [3.8, 4) is 17.2 Å². The third-order valence-electron chi connectivity index (χ3n) is 6.43.